The van der Waals surface area contributed by atoms with Crippen LogP contribution in [0.2, 0.25) is 0 Å². The average Bonchev–Trinajstić information content (AvgIpc) is 3.07. The maximum absolute atomic E-state index is 5.65. The highest BCUT2D eigenvalue weighted by atomic mass is 16.5. The summed E-state index contributed by atoms with van der Waals surface area (Å²) < 4.78 is 5.65. The summed E-state index contributed by atoms with van der Waals surface area (Å²) in [4.78, 5) is 4.42. The van der Waals surface area contributed by atoms with Crippen LogP contribution in [0.5, 0.6) is 5.75 Å². The van der Waals surface area contributed by atoms with Gasteiger partial charge in [0.2, 0.25) is 0 Å². The summed E-state index contributed by atoms with van der Waals surface area (Å²) in [6, 6.07) is 8.00. The lowest BCUT2D eigenvalue weighted by molar-refractivity contribution is 0.296. The Balaban J connectivity index is 1.62. The highest BCUT2D eigenvalue weighted by Crippen LogP contribution is 2.37. The summed E-state index contributed by atoms with van der Waals surface area (Å²) in [6.07, 6.45) is 2.44. The van der Waals surface area contributed by atoms with Crippen molar-refractivity contribution in [1.82, 2.24) is 15.2 Å². The molecule has 0 bridgehead atoms. The number of nitrogens with one attached hydrogen (secondary N) is 1. The molecule has 17 heavy (non-hydrogen) atoms. The molecule has 1 heterocycles. The Kier molecular flexibility index (Phi) is 2.55. The van der Waals surface area contributed by atoms with Gasteiger partial charge in [0.1, 0.15) is 12.4 Å². The maximum Gasteiger partial charge on any atom is 0.162 e. The smallest absolute Gasteiger partial charge is 0.162 e. The first-order valence-electron chi connectivity index (χ1n) is 5.92. The molecule has 1 aromatic carbocycles. The van der Waals surface area contributed by atoms with E-state index in [9.17, 15) is 0 Å². The molecule has 0 saturated heterocycles. The Morgan fingerprint density at radius 3 is 3.06 bits per heavy atom. The number of hydrogen-bond donors (Lipinski definition) is 1. The van der Waals surface area contributed by atoms with Gasteiger partial charge in [-0.25, -0.2) is 4.98 Å². The first-order chi connectivity index (χ1) is 8.31. The third kappa shape index (κ3) is 2.46. The molecule has 1 aliphatic rings. The Bertz CT molecular complexity index is 517. The van der Waals surface area contributed by atoms with Gasteiger partial charge in [-0.1, -0.05) is 12.1 Å². The molecule has 1 aliphatic carbocycles. The lowest BCUT2D eigenvalue weighted by Crippen LogP contribution is -1.97. The number of benzene rings is 1. The maximum atomic E-state index is 5.65. The molecule has 0 amide bonds. The molecule has 0 atom stereocenters. The molecule has 0 radical (unpaired) electrons. The lowest BCUT2D eigenvalue weighted by atomic mass is 10.2. The van der Waals surface area contributed by atoms with Crippen molar-refractivity contribution >= 4 is 0 Å². The van der Waals surface area contributed by atoms with Crippen LogP contribution in [0.25, 0.3) is 0 Å². The van der Waals surface area contributed by atoms with E-state index in [4.69, 9.17) is 4.74 Å². The molecule has 3 rings (SSSR count). The fraction of sp³-hybridized carbons (Fsp3) is 0.385. The second-order valence-electron chi connectivity index (χ2n) is 4.52. The first kappa shape index (κ1) is 10.3. The summed E-state index contributed by atoms with van der Waals surface area (Å²) in [6.45, 7) is 2.50. The first-order valence-corrected chi connectivity index (χ1v) is 5.92. The molecular weight excluding hydrogens is 214 g/mol. The summed E-state index contributed by atoms with van der Waals surface area (Å²) in [5.41, 5.74) is 1.19. The summed E-state index contributed by atoms with van der Waals surface area (Å²) >= 11 is 0. The highest BCUT2D eigenvalue weighted by Gasteiger charge is 2.27. The van der Waals surface area contributed by atoms with Crippen molar-refractivity contribution in [2.75, 3.05) is 0 Å². The highest BCUT2D eigenvalue weighted by molar-refractivity contribution is 5.27. The molecule has 1 fully saturated rings. The van der Waals surface area contributed by atoms with E-state index in [-0.39, 0.29) is 0 Å². The number of ether oxygens (including phenoxy) is 1. The van der Waals surface area contributed by atoms with Gasteiger partial charge in [0.05, 0.1) is 0 Å². The van der Waals surface area contributed by atoms with Crippen LogP contribution in [-0.4, -0.2) is 15.2 Å². The molecule has 1 aromatic heterocycles. The van der Waals surface area contributed by atoms with E-state index < -0.39 is 0 Å². The molecule has 1 N–H and O–H groups in total. The number of aromatic amines is 1. The molecule has 0 spiro atoms. The zero-order valence-electron chi connectivity index (χ0n) is 9.81. The molecule has 0 aliphatic heterocycles. The van der Waals surface area contributed by atoms with E-state index in [1.807, 2.05) is 31.2 Å². The van der Waals surface area contributed by atoms with Gasteiger partial charge in [-0.05, 0) is 37.5 Å². The van der Waals surface area contributed by atoms with Crippen LogP contribution in [0.4, 0.5) is 0 Å². The topological polar surface area (TPSA) is 50.8 Å². The van der Waals surface area contributed by atoms with Crippen molar-refractivity contribution in [3.05, 3.63) is 41.5 Å². The van der Waals surface area contributed by atoms with E-state index >= 15 is 0 Å². The largest absolute Gasteiger partial charge is 0.486 e. The van der Waals surface area contributed by atoms with Crippen molar-refractivity contribution in [3.63, 3.8) is 0 Å². The van der Waals surface area contributed by atoms with E-state index in [0.717, 1.165) is 17.4 Å². The van der Waals surface area contributed by atoms with Crippen LogP contribution < -0.4 is 4.74 Å². The third-order valence-electron chi connectivity index (χ3n) is 2.86. The Morgan fingerprint density at radius 2 is 2.29 bits per heavy atom. The molecule has 2 aromatic rings. The average molecular weight is 229 g/mol. The predicted molar refractivity (Wildman–Crippen MR) is 63.9 cm³/mol. The molecule has 88 valence electrons. The lowest BCUT2D eigenvalue weighted by Gasteiger charge is -2.03. The van der Waals surface area contributed by atoms with Gasteiger partial charge < -0.3 is 4.74 Å². The molecule has 4 heteroatoms. The van der Waals surface area contributed by atoms with E-state index in [1.165, 1.54) is 18.4 Å². The van der Waals surface area contributed by atoms with Crippen LogP contribution in [-0.2, 0) is 6.61 Å². The zero-order valence-corrected chi connectivity index (χ0v) is 9.81. The minimum atomic E-state index is 0.448. The summed E-state index contributed by atoms with van der Waals surface area (Å²) in [7, 11) is 0. The van der Waals surface area contributed by atoms with Crippen LogP contribution in [0, 0.1) is 6.92 Å². The normalized spacial score (nSPS) is 14.9. The third-order valence-corrected chi connectivity index (χ3v) is 2.86. The number of H-pyrrole nitrogens is 1. The molecule has 0 unspecified atom stereocenters. The zero-order chi connectivity index (χ0) is 11.7. The van der Waals surface area contributed by atoms with Crippen molar-refractivity contribution in [3.8, 4) is 5.75 Å². The van der Waals surface area contributed by atoms with Gasteiger partial charge >= 0.3 is 0 Å². The predicted octanol–water partition coefficient (Wildman–Crippen LogP) is 2.57. The number of nitrogens with zero attached hydrogens (tertiary/aromatic N) is 2. The van der Waals surface area contributed by atoms with Crippen LogP contribution in [0.15, 0.2) is 24.3 Å². The van der Waals surface area contributed by atoms with Gasteiger partial charge in [-0.3, -0.25) is 5.10 Å². The second kappa shape index (κ2) is 4.20. The standard InChI is InChI=1S/C13H15N3O/c1-9-3-2-4-11(7-9)17-8-12-14-13(16-15-12)10-5-6-10/h2-4,7,10H,5-6,8H2,1H3,(H,14,15,16). The van der Waals surface area contributed by atoms with Gasteiger partial charge in [0.25, 0.3) is 0 Å². The van der Waals surface area contributed by atoms with Gasteiger partial charge in [-0.15, -0.1) is 0 Å². The number of hydrogen-bond acceptors (Lipinski definition) is 3. The Morgan fingerprint density at radius 1 is 1.41 bits per heavy atom. The van der Waals surface area contributed by atoms with E-state index in [1.54, 1.807) is 0 Å². The molecular formula is C13H15N3O. The fourth-order valence-corrected chi connectivity index (χ4v) is 1.76. The van der Waals surface area contributed by atoms with Crippen molar-refractivity contribution < 1.29 is 4.74 Å². The van der Waals surface area contributed by atoms with Crippen LogP contribution >= 0.6 is 0 Å². The van der Waals surface area contributed by atoms with Crippen molar-refractivity contribution in [1.29, 1.82) is 0 Å². The Hall–Kier alpha value is -1.84. The van der Waals surface area contributed by atoms with E-state index in [0.29, 0.717) is 12.5 Å². The van der Waals surface area contributed by atoms with E-state index in [2.05, 4.69) is 15.2 Å². The fourth-order valence-electron chi connectivity index (χ4n) is 1.76. The minimum Gasteiger partial charge on any atom is -0.486 e. The van der Waals surface area contributed by atoms with Crippen molar-refractivity contribution in [2.45, 2.75) is 32.3 Å². The van der Waals surface area contributed by atoms with Crippen LogP contribution in [0.1, 0.15) is 36.0 Å². The number of aryl methyl sites for hydroxylation is 1. The Labute approximate surface area is 100 Å². The SMILES string of the molecule is Cc1cccc(OCc2nc(C3CC3)n[nH]2)c1. The minimum absolute atomic E-state index is 0.448. The molecule has 4 nitrogen and oxygen atoms in total. The molecule has 1 saturated carbocycles. The van der Waals surface area contributed by atoms with Crippen molar-refractivity contribution in [2.24, 2.45) is 0 Å². The number of aromatic nitrogens is 3. The van der Waals surface area contributed by atoms with Gasteiger partial charge in [0.15, 0.2) is 11.6 Å². The van der Waals surface area contributed by atoms with Gasteiger partial charge in [0, 0.05) is 5.92 Å². The number of rotatable bonds is 4. The van der Waals surface area contributed by atoms with Gasteiger partial charge in [-0.2, -0.15) is 5.10 Å². The second-order valence-corrected chi connectivity index (χ2v) is 4.52. The summed E-state index contributed by atoms with van der Waals surface area (Å²) in [5.74, 6) is 3.19. The quantitative estimate of drug-likeness (QED) is 0.876. The monoisotopic (exact) mass is 229 g/mol. The summed E-state index contributed by atoms with van der Waals surface area (Å²) in [5, 5.41) is 7.12. The van der Waals surface area contributed by atoms with Crippen LogP contribution in [0.3, 0.4) is 0 Å².